The molecule has 0 radical (unpaired) electrons. The van der Waals surface area contributed by atoms with Crippen molar-refractivity contribution in [2.45, 2.75) is 32.2 Å². The second kappa shape index (κ2) is 5.82. The number of nitrogens with zero attached hydrogens (tertiary/aromatic N) is 2. The zero-order valence-electron chi connectivity index (χ0n) is 10.5. The fraction of sp³-hybridized carbons (Fsp3) is 0.500. The number of rotatable bonds is 6. The van der Waals surface area contributed by atoms with Gasteiger partial charge in [0, 0.05) is 6.61 Å². The van der Waals surface area contributed by atoms with E-state index in [0.717, 1.165) is 19.4 Å². The minimum absolute atomic E-state index is 0.321. The van der Waals surface area contributed by atoms with Crippen molar-refractivity contribution in [1.29, 1.82) is 0 Å². The molecule has 3 nitrogen and oxygen atoms in total. The molecule has 0 aliphatic carbocycles. The van der Waals surface area contributed by atoms with Crippen molar-refractivity contribution in [3.8, 4) is 0 Å². The van der Waals surface area contributed by atoms with Gasteiger partial charge in [-0.2, -0.15) is 0 Å². The second-order valence-corrected chi connectivity index (χ2v) is 4.55. The van der Waals surface area contributed by atoms with E-state index < -0.39 is 0 Å². The van der Waals surface area contributed by atoms with Gasteiger partial charge in [-0.25, -0.2) is 9.13 Å². The molecule has 0 atom stereocenters. The molecule has 3 heteroatoms. The normalized spacial score (nSPS) is 11.2. The number of hydrogen-bond acceptors (Lipinski definition) is 1. The Labute approximate surface area is 102 Å². The highest BCUT2D eigenvalue weighted by atomic mass is 16.2. The number of aliphatic hydroxyl groups excluding tert-OH is 1. The highest BCUT2D eigenvalue weighted by Gasteiger charge is 2.11. The third kappa shape index (κ3) is 2.86. The fourth-order valence-corrected chi connectivity index (χ4v) is 2.26. The van der Waals surface area contributed by atoms with E-state index in [2.05, 4.69) is 46.8 Å². The third-order valence-electron chi connectivity index (χ3n) is 3.19. The van der Waals surface area contributed by atoms with Crippen molar-refractivity contribution in [3.63, 3.8) is 0 Å². The Balaban J connectivity index is 1.99. The fourth-order valence-electron chi connectivity index (χ4n) is 2.26. The van der Waals surface area contributed by atoms with Crippen molar-refractivity contribution in [1.82, 2.24) is 4.57 Å². The smallest absolute Gasteiger partial charge is 0.244 e. The van der Waals surface area contributed by atoms with Gasteiger partial charge < -0.3 is 5.11 Å². The molecule has 0 amide bonds. The maximum absolute atomic E-state index is 8.72. The van der Waals surface area contributed by atoms with Crippen LogP contribution in [-0.2, 0) is 13.6 Å². The van der Waals surface area contributed by atoms with E-state index in [-0.39, 0.29) is 0 Å². The molecule has 0 unspecified atom stereocenters. The summed E-state index contributed by atoms with van der Waals surface area (Å²) >= 11 is 0. The van der Waals surface area contributed by atoms with E-state index in [0.29, 0.717) is 6.61 Å². The van der Waals surface area contributed by atoms with Gasteiger partial charge in [-0.3, -0.25) is 0 Å². The van der Waals surface area contributed by atoms with Gasteiger partial charge in [-0.1, -0.05) is 18.6 Å². The molecule has 1 heterocycles. The van der Waals surface area contributed by atoms with Gasteiger partial charge in [0.15, 0.2) is 11.0 Å². The van der Waals surface area contributed by atoms with Crippen LogP contribution in [0.1, 0.15) is 25.7 Å². The van der Waals surface area contributed by atoms with Gasteiger partial charge in [0.05, 0.1) is 13.6 Å². The van der Waals surface area contributed by atoms with Crippen molar-refractivity contribution < 1.29 is 9.67 Å². The monoisotopic (exact) mass is 233 g/mol. The summed E-state index contributed by atoms with van der Waals surface area (Å²) in [6.45, 7) is 1.38. The number of imidazole rings is 1. The van der Waals surface area contributed by atoms with Crippen molar-refractivity contribution in [2.24, 2.45) is 7.05 Å². The lowest BCUT2D eigenvalue weighted by Crippen LogP contribution is -2.25. The molecule has 1 aromatic heterocycles. The molecule has 0 bridgehead atoms. The van der Waals surface area contributed by atoms with Crippen LogP contribution in [0.25, 0.3) is 11.0 Å². The van der Waals surface area contributed by atoms with E-state index >= 15 is 0 Å². The summed E-state index contributed by atoms with van der Waals surface area (Å²) in [6, 6.07) is 8.49. The average molecular weight is 233 g/mol. The summed E-state index contributed by atoms with van der Waals surface area (Å²) in [5.74, 6) is 0. The first-order chi connectivity index (χ1) is 8.33. The van der Waals surface area contributed by atoms with Gasteiger partial charge in [0.1, 0.15) is 0 Å². The molecular formula is C14H21N2O+. The largest absolute Gasteiger partial charge is 0.396 e. The van der Waals surface area contributed by atoms with Crippen LogP contribution in [0.5, 0.6) is 0 Å². The summed E-state index contributed by atoms with van der Waals surface area (Å²) in [5, 5.41) is 8.72. The molecule has 17 heavy (non-hydrogen) atoms. The lowest BCUT2D eigenvalue weighted by atomic mass is 10.2. The van der Waals surface area contributed by atoms with Crippen molar-refractivity contribution in [3.05, 3.63) is 30.6 Å². The Hall–Kier alpha value is -1.35. The lowest BCUT2D eigenvalue weighted by molar-refractivity contribution is -0.645. The summed E-state index contributed by atoms with van der Waals surface area (Å²) in [4.78, 5) is 0. The van der Waals surface area contributed by atoms with Crippen LogP contribution in [0, 0.1) is 0 Å². The molecule has 92 valence electrons. The minimum atomic E-state index is 0.321. The molecule has 1 N–H and O–H groups in total. The number of hydrogen-bond donors (Lipinski definition) is 1. The van der Waals surface area contributed by atoms with Crippen LogP contribution in [-0.4, -0.2) is 16.3 Å². The Kier molecular flexibility index (Phi) is 4.15. The maximum Gasteiger partial charge on any atom is 0.244 e. The second-order valence-electron chi connectivity index (χ2n) is 4.55. The first-order valence-corrected chi connectivity index (χ1v) is 6.37. The number of benzene rings is 1. The van der Waals surface area contributed by atoms with Crippen LogP contribution in [0.2, 0.25) is 0 Å². The molecule has 0 saturated heterocycles. The lowest BCUT2D eigenvalue weighted by Gasteiger charge is -1.98. The highest BCUT2D eigenvalue weighted by Crippen LogP contribution is 2.11. The minimum Gasteiger partial charge on any atom is -0.396 e. The number of fused-ring (bicyclic) bond motifs is 1. The average Bonchev–Trinajstić information content (AvgIpc) is 2.67. The molecular weight excluding hydrogens is 212 g/mol. The van der Waals surface area contributed by atoms with Crippen molar-refractivity contribution in [2.75, 3.05) is 6.61 Å². The van der Waals surface area contributed by atoms with Gasteiger partial charge in [-0.05, 0) is 31.4 Å². The summed E-state index contributed by atoms with van der Waals surface area (Å²) in [5.41, 5.74) is 2.58. The number of para-hydroxylation sites is 2. The molecule has 2 rings (SSSR count). The van der Waals surface area contributed by atoms with E-state index in [1.807, 2.05) is 0 Å². The molecule has 0 aliphatic heterocycles. The highest BCUT2D eigenvalue weighted by molar-refractivity contribution is 5.71. The van der Waals surface area contributed by atoms with Crippen LogP contribution < -0.4 is 4.57 Å². The van der Waals surface area contributed by atoms with Gasteiger partial charge >= 0.3 is 0 Å². The van der Waals surface area contributed by atoms with Crippen LogP contribution >= 0.6 is 0 Å². The summed E-state index contributed by atoms with van der Waals surface area (Å²) < 4.78 is 4.48. The SMILES string of the molecule is C[n+]1cn(CCCCCCO)c2ccccc21. The number of aryl methyl sites for hydroxylation is 2. The van der Waals surface area contributed by atoms with Gasteiger partial charge in [0.25, 0.3) is 0 Å². The predicted molar refractivity (Wildman–Crippen MR) is 68.7 cm³/mol. The summed E-state index contributed by atoms with van der Waals surface area (Å²) in [7, 11) is 2.09. The first-order valence-electron chi connectivity index (χ1n) is 6.37. The number of aromatic nitrogens is 2. The summed E-state index contributed by atoms with van der Waals surface area (Å²) in [6.07, 6.45) is 6.59. The quantitative estimate of drug-likeness (QED) is 0.600. The Bertz CT molecular complexity index is 476. The zero-order chi connectivity index (χ0) is 12.1. The number of aliphatic hydroxyl groups is 1. The molecule has 1 aromatic carbocycles. The Morgan fingerprint density at radius 1 is 1.12 bits per heavy atom. The van der Waals surface area contributed by atoms with Crippen LogP contribution in [0.4, 0.5) is 0 Å². The van der Waals surface area contributed by atoms with E-state index in [4.69, 9.17) is 5.11 Å². The number of unbranched alkanes of at least 4 members (excludes halogenated alkanes) is 3. The standard InChI is InChI=1S/C14H21N2O/c1-15-12-16(10-6-2-3-7-11-17)14-9-5-4-8-13(14)15/h4-5,8-9,12,17H,2-3,6-7,10-11H2,1H3/q+1. The molecule has 0 fully saturated rings. The van der Waals surface area contributed by atoms with E-state index in [1.165, 1.54) is 23.9 Å². The molecule has 2 aromatic rings. The van der Waals surface area contributed by atoms with Crippen LogP contribution in [0.3, 0.4) is 0 Å². The first kappa shape index (κ1) is 12.1. The molecule has 0 saturated carbocycles. The van der Waals surface area contributed by atoms with E-state index in [9.17, 15) is 0 Å². The Morgan fingerprint density at radius 3 is 2.71 bits per heavy atom. The predicted octanol–water partition coefficient (Wildman–Crippen LogP) is 2.02. The third-order valence-corrected chi connectivity index (χ3v) is 3.19. The van der Waals surface area contributed by atoms with E-state index in [1.54, 1.807) is 0 Å². The van der Waals surface area contributed by atoms with Gasteiger partial charge in [-0.15, -0.1) is 0 Å². The van der Waals surface area contributed by atoms with Crippen LogP contribution in [0.15, 0.2) is 30.6 Å². The van der Waals surface area contributed by atoms with Crippen molar-refractivity contribution >= 4 is 11.0 Å². The maximum atomic E-state index is 8.72. The zero-order valence-corrected chi connectivity index (χ0v) is 10.5. The Morgan fingerprint density at radius 2 is 1.88 bits per heavy atom. The van der Waals surface area contributed by atoms with Gasteiger partial charge in [0.2, 0.25) is 6.33 Å². The topological polar surface area (TPSA) is 29.0 Å². The molecule has 0 aliphatic rings. The molecule has 0 spiro atoms.